The van der Waals surface area contributed by atoms with Crippen LogP contribution in [0.1, 0.15) is 47.2 Å². The number of aromatic carboxylic acids is 1. The Bertz CT molecular complexity index is 878. The molecule has 1 unspecified atom stereocenters. The first-order chi connectivity index (χ1) is 12.5. The Morgan fingerprint density at radius 3 is 2.35 bits per heavy atom. The van der Waals surface area contributed by atoms with E-state index in [9.17, 15) is 9.90 Å². The molecular formula is C23H24O3. The molecule has 0 aliphatic heterocycles. The van der Waals surface area contributed by atoms with Crippen LogP contribution in [-0.2, 0) is 6.42 Å². The molecule has 3 aromatic carbocycles. The molecule has 3 heteroatoms. The van der Waals surface area contributed by atoms with Crippen molar-refractivity contribution in [3.8, 4) is 0 Å². The van der Waals surface area contributed by atoms with Crippen molar-refractivity contribution < 1.29 is 15.0 Å². The zero-order valence-electron chi connectivity index (χ0n) is 14.9. The minimum absolute atomic E-state index is 0.271. The van der Waals surface area contributed by atoms with Crippen molar-refractivity contribution in [2.75, 3.05) is 0 Å². The zero-order valence-corrected chi connectivity index (χ0v) is 14.9. The van der Waals surface area contributed by atoms with Crippen molar-refractivity contribution in [1.82, 2.24) is 0 Å². The van der Waals surface area contributed by atoms with Crippen molar-refractivity contribution >= 4 is 16.7 Å². The van der Waals surface area contributed by atoms with E-state index in [1.54, 1.807) is 24.3 Å². The van der Waals surface area contributed by atoms with Crippen molar-refractivity contribution in [2.24, 2.45) is 0 Å². The standard InChI is InChI=1S/C23H24O3/c1-16(21-8-4-6-18-5-2-3-7-22(18)21)9-14-20(24)15-17-10-12-19(13-11-17)23(25)26/h2-8,10-13,16,20,24H,9,14-15H2,1H3,(H,25,26)/t16-,20?/m0/s1. The Balaban J connectivity index is 1.60. The van der Waals surface area contributed by atoms with Crippen molar-refractivity contribution in [2.45, 2.75) is 38.2 Å². The number of benzene rings is 3. The number of carbonyl (C=O) groups is 1. The summed E-state index contributed by atoms with van der Waals surface area (Å²) in [4.78, 5) is 10.9. The second-order valence-electron chi connectivity index (χ2n) is 6.91. The summed E-state index contributed by atoms with van der Waals surface area (Å²) >= 11 is 0. The van der Waals surface area contributed by atoms with Crippen LogP contribution in [0.15, 0.2) is 66.7 Å². The van der Waals surface area contributed by atoms with E-state index in [1.165, 1.54) is 16.3 Å². The van der Waals surface area contributed by atoms with E-state index in [2.05, 4.69) is 49.4 Å². The Morgan fingerprint density at radius 1 is 0.923 bits per heavy atom. The van der Waals surface area contributed by atoms with Gasteiger partial charge in [0.15, 0.2) is 0 Å². The summed E-state index contributed by atoms with van der Waals surface area (Å²) in [5.41, 5.74) is 2.55. The molecule has 0 bridgehead atoms. The van der Waals surface area contributed by atoms with E-state index in [-0.39, 0.29) is 5.56 Å². The average molecular weight is 348 g/mol. The number of hydrogen-bond acceptors (Lipinski definition) is 2. The van der Waals surface area contributed by atoms with Crippen LogP contribution in [0, 0.1) is 0 Å². The molecule has 0 aliphatic rings. The lowest BCUT2D eigenvalue weighted by atomic mass is 9.90. The van der Waals surface area contributed by atoms with Gasteiger partial charge in [-0.15, -0.1) is 0 Å². The van der Waals surface area contributed by atoms with Crippen LogP contribution in [0.4, 0.5) is 0 Å². The summed E-state index contributed by atoms with van der Waals surface area (Å²) in [5, 5.41) is 21.8. The maximum atomic E-state index is 10.9. The van der Waals surface area contributed by atoms with Crippen LogP contribution >= 0.6 is 0 Å². The second-order valence-corrected chi connectivity index (χ2v) is 6.91. The average Bonchev–Trinajstić information content (AvgIpc) is 2.66. The van der Waals surface area contributed by atoms with Gasteiger partial charge in [-0.3, -0.25) is 0 Å². The number of rotatable bonds is 7. The van der Waals surface area contributed by atoms with Gasteiger partial charge in [-0.2, -0.15) is 0 Å². The molecule has 0 spiro atoms. The maximum Gasteiger partial charge on any atom is 0.335 e. The van der Waals surface area contributed by atoms with E-state index in [0.717, 1.165) is 12.0 Å². The summed E-state index contributed by atoms with van der Waals surface area (Å²) in [7, 11) is 0. The SMILES string of the molecule is C[C@@H](CCC(O)Cc1ccc(C(=O)O)cc1)c1cccc2ccccc12. The fourth-order valence-electron chi connectivity index (χ4n) is 3.44. The first-order valence-electron chi connectivity index (χ1n) is 9.02. The molecule has 134 valence electrons. The van der Waals surface area contributed by atoms with E-state index in [1.807, 2.05) is 0 Å². The van der Waals surface area contributed by atoms with Gasteiger partial charge in [0.1, 0.15) is 0 Å². The molecule has 0 saturated heterocycles. The Kier molecular flexibility index (Phi) is 5.69. The fourth-order valence-corrected chi connectivity index (χ4v) is 3.44. The van der Waals surface area contributed by atoms with Crippen LogP contribution < -0.4 is 0 Å². The lowest BCUT2D eigenvalue weighted by molar-refractivity contribution is 0.0697. The first-order valence-corrected chi connectivity index (χ1v) is 9.02. The predicted octanol–water partition coefficient (Wildman–Crippen LogP) is 5.03. The minimum atomic E-state index is -0.930. The molecule has 3 rings (SSSR count). The van der Waals surface area contributed by atoms with Gasteiger partial charge in [0.05, 0.1) is 11.7 Å². The molecule has 26 heavy (non-hydrogen) atoms. The number of aliphatic hydroxyl groups excluding tert-OH is 1. The van der Waals surface area contributed by atoms with Crippen molar-refractivity contribution in [3.63, 3.8) is 0 Å². The quantitative estimate of drug-likeness (QED) is 0.630. The minimum Gasteiger partial charge on any atom is -0.478 e. The molecule has 0 aromatic heterocycles. The zero-order chi connectivity index (χ0) is 18.5. The largest absolute Gasteiger partial charge is 0.478 e. The van der Waals surface area contributed by atoms with Gasteiger partial charge < -0.3 is 10.2 Å². The molecule has 0 amide bonds. The predicted molar refractivity (Wildman–Crippen MR) is 105 cm³/mol. The molecule has 0 heterocycles. The Hall–Kier alpha value is -2.65. The van der Waals surface area contributed by atoms with E-state index in [0.29, 0.717) is 18.8 Å². The number of hydrogen-bond donors (Lipinski definition) is 2. The van der Waals surface area contributed by atoms with E-state index in [4.69, 9.17) is 5.11 Å². The number of carboxylic acid groups (broad SMARTS) is 1. The summed E-state index contributed by atoms with van der Waals surface area (Å²) in [6, 6.07) is 21.5. The highest BCUT2D eigenvalue weighted by Crippen LogP contribution is 2.29. The third-order valence-corrected chi connectivity index (χ3v) is 4.96. The summed E-state index contributed by atoms with van der Waals surface area (Å²) < 4.78 is 0. The normalized spacial score (nSPS) is 13.5. The van der Waals surface area contributed by atoms with Crippen LogP contribution in [0.2, 0.25) is 0 Å². The van der Waals surface area contributed by atoms with E-state index < -0.39 is 12.1 Å². The van der Waals surface area contributed by atoms with Crippen LogP contribution in [0.3, 0.4) is 0 Å². The molecule has 0 saturated carbocycles. The highest BCUT2D eigenvalue weighted by Gasteiger charge is 2.13. The van der Waals surface area contributed by atoms with Gasteiger partial charge in [0.25, 0.3) is 0 Å². The molecular weight excluding hydrogens is 324 g/mol. The fraction of sp³-hybridized carbons (Fsp3) is 0.261. The third kappa shape index (κ3) is 4.30. The van der Waals surface area contributed by atoms with Crippen molar-refractivity contribution in [3.05, 3.63) is 83.4 Å². The van der Waals surface area contributed by atoms with Crippen LogP contribution in [0.5, 0.6) is 0 Å². The van der Waals surface area contributed by atoms with Crippen LogP contribution in [-0.4, -0.2) is 22.3 Å². The molecule has 0 aliphatic carbocycles. The van der Waals surface area contributed by atoms with Crippen molar-refractivity contribution in [1.29, 1.82) is 0 Å². The number of carboxylic acids is 1. The van der Waals surface area contributed by atoms with Gasteiger partial charge in [-0.25, -0.2) is 4.79 Å². The molecule has 3 aromatic rings. The Morgan fingerprint density at radius 2 is 1.62 bits per heavy atom. The summed E-state index contributed by atoms with van der Waals surface area (Å²) in [6.45, 7) is 2.20. The maximum absolute atomic E-state index is 10.9. The van der Waals surface area contributed by atoms with Gasteiger partial charge in [0, 0.05) is 0 Å². The third-order valence-electron chi connectivity index (χ3n) is 4.96. The summed E-state index contributed by atoms with van der Waals surface area (Å²) in [6.07, 6.45) is 1.73. The van der Waals surface area contributed by atoms with Gasteiger partial charge >= 0.3 is 5.97 Å². The molecule has 0 fully saturated rings. The highest BCUT2D eigenvalue weighted by molar-refractivity contribution is 5.87. The molecule has 0 radical (unpaired) electrons. The molecule has 2 N–H and O–H groups in total. The molecule has 2 atom stereocenters. The Labute approximate surface area is 153 Å². The van der Waals surface area contributed by atoms with E-state index >= 15 is 0 Å². The summed E-state index contributed by atoms with van der Waals surface area (Å²) in [5.74, 6) is -0.564. The van der Waals surface area contributed by atoms with Crippen LogP contribution in [0.25, 0.3) is 10.8 Å². The van der Waals surface area contributed by atoms with Gasteiger partial charge in [0.2, 0.25) is 0 Å². The second kappa shape index (κ2) is 8.15. The lowest BCUT2D eigenvalue weighted by Crippen LogP contribution is -2.12. The number of aliphatic hydroxyl groups is 1. The molecule has 3 nitrogen and oxygen atoms in total. The van der Waals surface area contributed by atoms with Gasteiger partial charge in [-0.1, -0.05) is 61.5 Å². The topological polar surface area (TPSA) is 57.5 Å². The van der Waals surface area contributed by atoms with Gasteiger partial charge in [-0.05, 0) is 59.2 Å². The first kappa shape index (κ1) is 18.2. The highest BCUT2D eigenvalue weighted by atomic mass is 16.4. The smallest absolute Gasteiger partial charge is 0.335 e. The monoisotopic (exact) mass is 348 g/mol. The number of fused-ring (bicyclic) bond motifs is 1. The lowest BCUT2D eigenvalue weighted by Gasteiger charge is -2.17.